The van der Waals surface area contributed by atoms with Crippen molar-refractivity contribution in [3.63, 3.8) is 0 Å². The number of hydrogen-bond donors (Lipinski definition) is 1. The number of nitrogens with one attached hydrogen (secondary N) is 1. The number of aryl methyl sites for hydroxylation is 2. The maximum absolute atomic E-state index is 13.3. The van der Waals surface area contributed by atoms with E-state index < -0.39 is 0 Å². The fourth-order valence-electron chi connectivity index (χ4n) is 3.78. The molecule has 1 saturated heterocycles. The quantitative estimate of drug-likeness (QED) is 0.915. The maximum Gasteiger partial charge on any atom is 0.230 e. The smallest absolute Gasteiger partial charge is 0.230 e. The Kier molecular flexibility index (Phi) is 5.16. The van der Waals surface area contributed by atoms with Crippen molar-refractivity contribution in [2.24, 2.45) is 7.05 Å². The Morgan fingerprint density at radius 3 is 2.72 bits per heavy atom. The van der Waals surface area contributed by atoms with E-state index in [9.17, 15) is 4.79 Å². The van der Waals surface area contributed by atoms with Gasteiger partial charge in [0.2, 0.25) is 5.91 Å². The van der Waals surface area contributed by atoms with Crippen molar-refractivity contribution in [1.29, 1.82) is 0 Å². The molecule has 134 valence electrons. The molecule has 5 nitrogen and oxygen atoms in total. The Hall–Kier alpha value is -1.85. The highest BCUT2D eigenvalue weighted by Gasteiger charge is 2.33. The van der Waals surface area contributed by atoms with Gasteiger partial charge in [0.05, 0.1) is 17.7 Å². The molecule has 1 aliphatic rings. The van der Waals surface area contributed by atoms with E-state index in [2.05, 4.69) is 10.4 Å². The molecule has 0 aliphatic carbocycles. The van der Waals surface area contributed by atoms with Crippen LogP contribution in [0.15, 0.2) is 24.3 Å². The number of carbonyl (C=O) groups excluding carboxylic acids is 1. The number of carbonyl (C=O) groups is 1. The summed E-state index contributed by atoms with van der Waals surface area (Å²) in [7, 11) is 1.92. The molecule has 1 fully saturated rings. The molecule has 2 heterocycles. The SMILES string of the molecule is Cc1nn(C)c(C)c1C(C)C(=O)N1CCNCC1c1ccccc1Cl. The summed E-state index contributed by atoms with van der Waals surface area (Å²) in [6.45, 7) is 8.15. The van der Waals surface area contributed by atoms with Crippen molar-refractivity contribution in [1.82, 2.24) is 20.0 Å². The number of rotatable bonds is 3. The average Bonchev–Trinajstić information content (AvgIpc) is 2.86. The summed E-state index contributed by atoms with van der Waals surface area (Å²) < 4.78 is 1.84. The van der Waals surface area contributed by atoms with Crippen LogP contribution >= 0.6 is 11.6 Å². The van der Waals surface area contributed by atoms with Gasteiger partial charge in [-0.3, -0.25) is 9.48 Å². The number of benzene rings is 1. The van der Waals surface area contributed by atoms with Crippen molar-refractivity contribution in [2.45, 2.75) is 32.7 Å². The Morgan fingerprint density at radius 2 is 2.08 bits per heavy atom. The molecule has 25 heavy (non-hydrogen) atoms. The Morgan fingerprint density at radius 1 is 1.36 bits per heavy atom. The minimum atomic E-state index is -0.225. The molecule has 1 aromatic heterocycles. The third-order valence-electron chi connectivity index (χ3n) is 5.16. The molecule has 1 aliphatic heterocycles. The summed E-state index contributed by atoms with van der Waals surface area (Å²) in [5.41, 5.74) is 3.99. The van der Waals surface area contributed by atoms with Crippen LogP contribution < -0.4 is 5.32 Å². The summed E-state index contributed by atoms with van der Waals surface area (Å²) in [5, 5.41) is 8.55. The van der Waals surface area contributed by atoms with Gasteiger partial charge in [-0.15, -0.1) is 0 Å². The van der Waals surface area contributed by atoms with Gasteiger partial charge in [0.1, 0.15) is 0 Å². The van der Waals surface area contributed by atoms with Gasteiger partial charge in [-0.1, -0.05) is 29.8 Å². The lowest BCUT2D eigenvalue weighted by molar-refractivity contribution is -0.135. The molecule has 1 amide bonds. The zero-order chi connectivity index (χ0) is 18.1. The molecule has 2 unspecified atom stereocenters. The number of hydrogen-bond acceptors (Lipinski definition) is 3. The van der Waals surface area contributed by atoms with Crippen LogP contribution in [-0.2, 0) is 11.8 Å². The highest BCUT2D eigenvalue weighted by Crippen LogP contribution is 2.32. The summed E-state index contributed by atoms with van der Waals surface area (Å²) in [6.07, 6.45) is 0. The van der Waals surface area contributed by atoms with E-state index >= 15 is 0 Å². The first-order chi connectivity index (χ1) is 11.9. The molecule has 1 aromatic carbocycles. The van der Waals surface area contributed by atoms with Gasteiger partial charge < -0.3 is 10.2 Å². The van der Waals surface area contributed by atoms with Crippen LogP contribution in [0.1, 0.15) is 41.4 Å². The summed E-state index contributed by atoms with van der Waals surface area (Å²) in [6, 6.07) is 7.73. The average molecular weight is 361 g/mol. The van der Waals surface area contributed by atoms with E-state index in [0.29, 0.717) is 18.1 Å². The molecular weight excluding hydrogens is 336 g/mol. The minimum absolute atomic E-state index is 0.0466. The molecule has 0 saturated carbocycles. The van der Waals surface area contributed by atoms with E-state index in [1.807, 2.05) is 61.7 Å². The van der Waals surface area contributed by atoms with Crippen LogP contribution in [0.3, 0.4) is 0 Å². The minimum Gasteiger partial charge on any atom is -0.333 e. The van der Waals surface area contributed by atoms with E-state index in [1.165, 1.54) is 0 Å². The predicted octanol–water partition coefficient (Wildman–Crippen LogP) is 2.97. The third-order valence-corrected chi connectivity index (χ3v) is 5.50. The standard InChI is InChI=1S/C19H25ClN4O/c1-12(18-13(2)22-23(4)14(18)3)19(25)24-10-9-21-11-17(24)15-7-5-6-8-16(15)20/h5-8,12,17,21H,9-11H2,1-4H3. The lowest BCUT2D eigenvalue weighted by Crippen LogP contribution is -2.50. The van der Waals surface area contributed by atoms with Crippen LogP contribution in [-0.4, -0.2) is 40.2 Å². The molecular formula is C19H25ClN4O. The molecule has 6 heteroatoms. The van der Waals surface area contributed by atoms with Crippen molar-refractivity contribution >= 4 is 17.5 Å². The van der Waals surface area contributed by atoms with Crippen molar-refractivity contribution in [2.75, 3.05) is 19.6 Å². The van der Waals surface area contributed by atoms with Gasteiger partial charge in [-0.2, -0.15) is 5.10 Å². The number of piperazine rings is 1. The topological polar surface area (TPSA) is 50.2 Å². The van der Waals surface area contributed by atoms with Crippen molar-refractivity contribution in [3.05, 3.63) is 51.8 Å². The van der Waals surface area contributed by atoms with Gasteiger partial charge in [-0.05, 0) is 32.4 Å². The van der Waals surface area contributed by atoms with Crippen LogP contribution in [0.25, 0.3) is 0 Å². The highest BCUT2D eigenvalue weighted by atomic mass is 35.5. The second-order valence-electron chi connectivity index (χ2n) is 6.70. The largest absolute Gasteiger partial charge is 0.333 e. The fourth-order valence-corrected chi connectivity index (χ4v) is 4.04. The number of aromatic nitrogens is 2. The van der Waals surface area contributed by atoms with E-state index in [1.54, 1.807) is 0 Å². The van der Waals surface area contributed by atoms with Gasteiger partial charge in [0, 0.05) is 43.0 Å². The zero-order valence-corrected chi connectivity index (χ0v) is 16.0. The van der Waals surface area contributed by atoms with Crippen LogP contribution in [0.5, 0.6) is 0 Å². The number of amides is 1. The molecule has 0 radical (unpaired) electrons. The van der Waals surface area contributed by atoms with Crippen LogP contribution in [0.4, 0.5) is 0 Å². The second kappa shape index (κ2) is 7.18. The van der Waals surface area contributed by atoms with Gasteiger partial charge >= 0.3 is 0 Å². The predicted molar refractivity (Wildman–Crippen MR) is 99.9 cm³/mol. The first kappa shape index (κ1) is 18.0. The van der Waals surface area contributed by atoms with Crippen molar-refractivity contribution in [3.8, 4) is 0 Å². The summed E-state index contributed by atoms with van der Waals surface area (Å²) in [5.74, 6) is -0.0950. The first-order valence-electron chi connectivity index (χ1n) is 8.67. The van der Waals surface area contributed by atoms with Crippen LogP contribution in [0, 0.1) is 13.8 Å². The van der Waals surface area contributed by atoms with Gasteiger partial charge in [0.15, 0.2) is 0 Å². The lowest BCUT2D eigenvalue weighted by atomic mass is 9.95. The number of nitrogens with zero attached hydrogens (tertiary/aromatic N) is 3. The van der Waals surface area contributed by atoms with E-state index in [0.717, 1.165) is 29.1 Å². The van der Waals surface area contributed by atoms with E-state index in [4.69, 9.17) is 11.6 Å². The number of halogens is 1. The normalized spacial score (nSPS) is 19.1. The summed E-state index contributed by atoms with van der Waals surface area (Å²) in [4.78, 5) is 15.3. The van der Waals surface area contributed by atoms with Gasteiger partial charge in [0.25, 0.3) is 0 Å². The van der Waals surface area contributed by atoms with Gasteiger partial charge in [-0.25, -0.2) is 0 Å². The highest BCUT2D eigenvalue weighted by molar-refractivity contribution is 6.31. The Bertz CT molecular complexity index is 786. The summed E-state index contributed by atoms with van der Waals surface area (Å²) >= 11 is 6.40. The molecule has 3 rings (SSSR count). The molecule has 2 aromatic rings. The third kappa shape index (κ3) is 3.31. The molecule has 2 atom stereocenters. The van der Waals surface area contributed by atoms with Crippen molar-refractivity contribution < 1.29 is 4.79 Å². The molecule has 0 spiro atoms. The zero-order valence-electron chi connectivity index (χ0n) is 15.2. The first-order valence-corrected chi connectivity index (χ1v) is 9.05. The fraction of sp³-hybridized carbons (Fsp3) is 0.474. The molecule has 1 N–H and O–H groups in total. The lowest BCUT2D eigenvalue weighted by Gasteiger charge is -2.38. The maximum atomic E-state index is 13.3. The Balaban J connectivity index is 1.92. The monoisotopic (exact) mass is 360 g/mol. The molecule has 0 bridgehead atoms. The van der Waals surface area contributed by atoms with Crippen LogP contribution in [0.2, 0.25) is 5.02 Å². The Labute approximate surface area is 154 Å². The van der Waals surface area contributed by atoms with E-state index in [-0.39, 0.29) is 17.9 Å². The second-order valence-corrected chi connectivity index (χ2v) is 7.11.